The van der Waals surface area contributed by atoms with Gasteiger partial charge >= 0.3 is 0 Å². The Bertz CT molecular complexity index is 1660. The minimum absolute atomic E-state index is 0.0266. The molecule has 4 aromatic rings. The number of carbonyl (C=O) groups is 4. The standard InChI is InChI=1S/C32H25Cl2N3O4S/c1-20(38)21-11-14-25(15-12-21)35-30(39)19-42-27-9-5-8-26(18-27)36-32(41)29(16-23-10-13-24(33)17-28(23)34)37-31(40)22-6-3-2-4-7-22/h2-18H,19H2,1H3,(H,35,39)(H,36,41)(H,37,40)/b29-16+. The van der Waals surface area contributed by atoms with Gasteiger partial charge in [0.2, 0.25) is 5.91 Å². The number of benzene rings is 4. The van der Waals surface area contributed by atoms with Gasteiger partial charge in [0.25, 0.3) is 11.8 Å². The van der Waals surface area contributed by atoms with Crippen LogP contribution in [0.5, 0.6) is 0 Å². The maximum Gasteiger partial charge on any atom is 0.272 e. The minimum atomic E-state index is -0.570. The Labute approximate surface area is 257 Å². The Morgan fingerprint density at radius 2 is 1.50 bits per heavy atom. The number of rotatable bonds is 10. The van der Waals surface area contributed by atoms with Crippen LogP contribution in [0.2, 0.25) is 10.0 Å². The number of halogens is 2. The number of nitrogens with one attached hydrogen (secondary N) is 3. The number of carbonyl (C=O) groups excluding carboxylic acids is 4. The number of amides is 3. The lowest BCUT2D eigenvalue weighted by atomic mass is 10.1. The number of Topliss-reactive ketones (excluding diaryl/α,β-unsaturated/α-hetero) is 1. The third-order valence-electron chi connectivity index (χ3n) is 5.83. The van der Waals surface area contributed by atoms with Gasteiger partial charge in [0.1, 0.15) is 5.70 Å². The fraction of sp³-hybridized carbons (Fsp3) is 0.0625. The van der Waals surface area contributed by atoms with Crippen LogP contribution in [-0.4, -0.2) is 29.3 Å². The summed E-state index contributed by atoms with van der Waals surface area (Å²) in [5, 5.41) is 9.02. The average molecular weight is 619 g/mol. The maximum absolute atomic E-state index is 13.4. The number of ketones is 1. The van der Waals surface area contributed by atoms with Crippen LogP contribution in [0.1, 0.15) is 33.2 Å². The van der Waals surface area contributed by atoms with Crippen LogP contribution in [0, 0.1) is 0 Å². The van der Waals surface area contributed by atoms with Gasteiger partial charge in [-0.25, -0.2) is 0 Å². The minimum Gasteiger partial charge on any atom is -0.325 e. The van der Waals surface area contributed by atoms with Crippen molar-refractivity contribution in [1.82, 2.24) is 5.32 Å². The van der Waals surface area contributed by atoms with E-state index in [9.17, 15) is 19.2 Å². The van der Waals surface area contributed by atoms with Crippen molar-refractivity contribution >= 4 is 75.9 Å². The van der Waals surface area contributed by atoms with Gasteiger partial charge < -0.3 is 16.0 Å². The molecule has 3 amide bonds. The molecule has 7 nitrogen and oxygen atoms in total. The van der Waals surface area contributed by atoms with Crippen molar-refractivity contribution in [3.63, 3.8) is 0 Å². The van der Waals surface area contributed by atoms with E-state index in [2.05, 4.69) is 16.0 Å². The molecule has 0 unspecified atom stereocenters. The second-order valence-electron chi connectivity index (χ2n) is 9.00. The largest absolute Gasteiger partial charge is 0.325 e. The SMILES string of the molecule is CC(=O)c1ccc(NC(=O)CSc2cccc(NC(=O)/C(=C\c3ccc(Cl)cc3Cl)NC(=O)c3ccccc3)c2)cc1. The molecule has 10 heteroatoms. The summed E-state index contributed by atoms with van der Waals surface area (Å²) in [6.45, 7) is 1.48. The molecule has 0 saturated carbocycles. The number of hydrogen-bond donors (Lipinski definition) is 3. The molecule has 0 aliphatic heterocycles. The highest BCUT2D eigenvalue weighted by Crippen LogP contribution is 2.25. The Hall–Kier alpha value is -4.37. The fourth-order valence-electron chi connectivity index (χ4n) is 3.71. The monoisotopic (exact) mass is 617 g/mol. The van der Waals surface area contributed by atoms with Crippen LogP contribution in [0.3, 0.4) is 0 Å². The molecule has 4 aromatic carbocycles. The molecular formula is C32H25Cl2N3O4S. The molecule has 0 bridgehead atoms. The van der Waals surface area contributed by atoms with Crippen LogP contribution in [0.25, 0.3) is 6.08 Å². The summed E-state index contributed by atoms with van der Waals surface area (Å²) in [6, 6.07) is 27.0. The van der Waals surface area contributed by atoms with Gasteiger partial charge in [0.05, 0.1) is 5.75 Å². The quantitative estimate of drug-likeness (QED) is 0.0981. The van der Waals surface area contributed by atoms with Crippen molar-refractivity contribution in [2.45, 2.75) is 11.8 Å². The third kappa shape index (κ3) is 8.81. The van der Waals surface area contributed by atoms with Gasteiger partial charge in [-0.3, -0.25) is 19.2 Å². The lowest BCUT2D eigenvalue weighted by Crippen LogP contribution is -2.30. The van der Waals surface area contributed by atoms with Gasteiger partial charge in [-0.05, 0) is 85.3 Å². The van der Waals surface area contributed by atoms with E-state index in [4.69, 9.17) is 23.2 Å². The molecule has 0 aliphatic rings. The molecule has 3 N–H and O–H groups in total. The summed E-state index contributed by atoms with van der Waals surface area (Å²) in [6.07, 6.45) is 1.47. The van der Waals surface area contributed by atoms with Crippen LogP contribution < -0.4 is 16.0 Å². The molecule has 42 heavy (non-hydrogen) atoms. The summed E-state index contributed by atoms with van der Waals surface area (Å²) in [7, 11) is 0. The highest BCUT2D eigenvalue weighted by Gasteiger charge is 2.16. The summed E-state index contributed by atoms with van der Waals surface area (Å²) < 4.78 is 0. The second kappa shape index (κ2) is 14.5. The van der Waals surface area contributed by atoms with Crippen molar-refractivity contribution in [2.75, 3.05) is 16.4 Å². The summed E-state index contributed by atoms with van der Waals surface area (Å²) in [5.41, 5.74) is 2.46. The summed E-state index contributed by atoms with van der Waals surface area (Å²) in [5.74, 6) is -1.18. The van der Waals surface area contributed by atoms with E-state index in [1.54, 1.807) is 91.0 Å². The Morgan fingerprint density at radius 3 is 2.19 bits per heavy atom. The second-order valence-corrected chi connectivity index (χ2v) is 10.9. The van der Waals surface area contributed by atoms with E-state index in [1.807, 2.05) is 6.07 Å². The van der Waals surface area contributed by atoms with Crippen molar-refractivity contribution in [1.29, 1.82) is 0 Å². The van der Waals surface area contributed by atoms with E-state index in [1.165, 1.54) is 24.8 Å². The highest BCUT2D eigenvalue weighted by molar-refractivity contribution is 8.00. The van der Waals surface area contributed by atoms with E-state index < -0.39 is 11.8 Å². The maximum atomic E-state index is 13.4. The van der Waals surface area contributed by atoms with Gasteiger partial charge in [-0.15, -0.1) is 11.8 Å². The predicted molar refractivity (Wildman–Crippen MR) is 169 cm³/mol. The van der Waals surface area contributed by atoms with Gasteiger partial charge in [0.15, 0.2) is 5.78 Å². The lowest BCUT2D eigenvalue weighted by Gasteiger charge is -2.13. The Balaban J connectivity index is 1.45. The molecule has 0 atom stereocenters. The van der Waals surface area contributed by atoms with E-state index >= 15 is 0 Å². The molecule has 0 heterocycles. The Kier molecular flexibility index (Phi) is 10.6. The van der Waals surface area contributed by atoms with E-state index in [-0.39, 0.29) is 23.1 Å². The van der Waals surface area contributed by atoms with E-state index in [0.29, 0.717) is 38.1 Å². The molecule has 0 saturated heterocycles. The summed E-state index contributed by atoms with van der Waals surface area (Å²) >= 11 is 13.6. The van der Waals surface area contributed by atoms with Crippen molar-refractivity contribution in [3.05, 3.63) is 129 Å². The van der Waals surface area contributed by atoms with Crippen LogP contribution in [-0.2, 0) is 9.59 Å². The molecule has 0 spiro atoms. The van der Waals surface area contributed by atoms with Crippen LogP contribution >= 0.6 is 35.0 Å². The molecule has 0 aliphatic carbocycles. The zero-order valence-corrected chi connectivity index (χ0v) is 24.6. The molecule has 0 aromatic heterocycles. The van der Waals surface area contributed by atoms with Gasteiger partial charge in [0, 0.05) is 37.4 Å². The topological polar surface area (TPSA) is 104 Å². The molecular weight excluding hydrogens is 593 g/mol. The first kappa shape index (κ1) is 30.6. The van der Waals surface area contributed by atoms with Gasteiger partial charge in [-0.2, -0.15) is 0 Å². The highest BCUT2D eigenvalue weighted by atomic mass is 35.5. The van der Waals surface area contributed by atoms with E-state index in [0.717, 1.165) is 4.90 Å². The smallest absolute Gasteiger partial charge is 0.272 e. The van der Waals surface area contributed by atoms with Crippen LogP contribution in [0.4, 0.5) is 11.4 Å². The first-order valence-electron chi connectivity index (χ1n) is 12.7. The summed E-state index contributed by atoms with van der Waals surface area (Å²) in [4.78, 5) is 50.9. The number of thioether (sulfide) groups is 1. The number of hydrogen-bond acceptors (Lipinski definition) is 5. The third-order valence-corrected chi connectivity index (χ3v) is 7.38. The van der Waals surface area contributed by atoms with Crippen molar-refractivity contribution in [2.24, 2.45) is 0 Å². The molecule has 212 valence electrons. The molecule has 0 fully saturated rings. The lowest BCUT2D eigenvalue weighted by molar-refractivity contribution is -0.114. The first-order valence-corrected chi connectivity index (χ1v) is 14.4. The van der Waals surface area contributed by atoms with Crippen molar-refractivity contribution in [3.8, 4) is 0 Å². The van der Waals surface area contributed by atoms with Crippen LogP contribution in [0.15, 0.2) is 108 Å². The zero-order chi connectivity index (χ0) is 30.1. The van der Waals surface area contributed by atoms with Gasteiger partial charge in [-0.1, -0.05) is 53.5 Å². The zero-order valence-electron chi connectivity index (χ0n) is 22.3. The fourth-order valence-corrected chi connectivity index (χ4v) is 4.93. The average Bonchev–Trinajstić information content (AvgIpc) is 2.98. The molecule has 0 radical (unpaired) electrons. The van der Waals surface area contributed by atoms with Crippen molar-refractivity contribution < 1.29 is 19.2 Å². The predicted octanol–water partition coefficient (Wildman–Crippen LogP) is 7.34. The Morgan fingerprint density at radius 1 is 0.762 bits per heavy atom. The molecule has 4 rings (SSSR count). The normalized spacial score (nSPS) is 11.0. The first-order chi connectivity index (χ1) is 20.2. The number of anilines is 2.